The minimum absolute atomic E-state index is 0.0667. The van der Waals surface area contributed by atoms with Gasteiger partial charge in [-0.1, -0.05) is 12.1 Å². The molecule has 11 heteroatoms. The fraction of sp³-hybridized carbons (Fsp3) is 0.412. The summed E-state index contributed by atoms with van der Waals surface area (Å²) in [4.78, 5) is 42.5. The first-order valence-electron chi connectivity index (χ1n) is 8.53. The number of nitro groups is 1. The summed E-state index contributed by atoms with van der Waals surface area (Å²) in [5.41, 5.74) is 0.339. The Kier molecular flexibility index (Phi) is 5.66. The normalized spacial score (nSPS) is 22.6. The molecule has 1 saturated heterocycles. The van der Waals surface area contributed by atoms with E-state index in [0.29, 0.717) is 31.9 Å². The van der Waals surface area contributed by atoms with Crippen molar-refractivity contribution in [3.8, 4) is 0 Å². The number of aliphatic carboxylic acids is 1. The van der Waals surface area contributed by atoms with Gasteiger partial charge in [-0.05, 0) is 24.7 Å². The summed E-state index contributed by atoms with van der Waals surface area (Å²) in [7, 11) is 0. The number of non-ortho nitro benzene ring substituents is 1. The average molecular weight is 406 g/mol. The molecule has 1 aromatic rings. The Morgan fingerprint density at radius 3 is 2.64 bits per heavy atom. The highest BCUT2D eigenvalue weighted by molar-refractivity contribution is 7.80. The van der Waals surface area contributed by atoms with Gasteiger partial charge in [0.25, 0.3) is 5.69 Å². The number of carbonyl (C=O) groups excluding carboxylic acids is 1. The van der Waals surface area contributed by atoms with Crippen molar-refractivity contribution >= 4 is 40.7 Å². The first-order valence-corrected chi connectivity index (χ1v) is 8.94. The van der Waals surface area contributed by atoms with Crippen molar-refractivity contribution in [1.82, 2.24) is 9.80 Å². The molecule has 28 heavy (non-hydrogen) atoms. The van der Waals surface area contributed by atoms with Gasteiger partial charge in [0.05, 0.1) is 24.2 Å². The molecule has 1 N–H and O–H groups in total. The van der Waals surface area contributed by atoms with E-state index in [1.165, 1.54) is 30.0 Å². The number of morpholine rings is 1. The number of carboxylic acids is 1. The molecule has 0 aromatic heterocycles. The smallest absolute Gasteiger partial charge is 0.327 e. The monoisotopic (exact) mass is 406 g/mol. The number of hydrogen-bond donors (Lipinski definition) is 1. The Bertz CT molecular complexity index is 867. The number of nitrogens with zero attached hydrogens (tertiary/aromatic N) is 4. The molecule has 2 atom stereocenters. The number of benzene rings is 1. The van der Waals surface area contributed by atoms with E-state index in [1.807, 2.05) is 0 Å². The average Bonchev–Trinajstić information content (AvgIpc) is 2.67. The van der Waals surface area contributed by atoms with Crippen molar-refractivity contribution in [2.75, 3.05) is 26.3 Å². The summed E-state index contributed by atoms with van der Waals surface area (Å²) in [5, 5.41) is 20.9. The van der Waals surface area contributed by atoms with E-state index in [4.69, 9.17) is 17.0 Å². The van der Waals surface area contributed by atoms with Gasteiger partial charge < -0.3 is 14.7 Å². The third-order valence-corrected chi connectivity index (χ3v) is 4.99. The van der Waals surface area contributed by atoms with E-state index in [9.17, 15) is 24.8 Å². The van der Waals surface area contributed by atoms with Crippen molar-refractivity contribution in [2.24, 2.45) is 10.9 Å². The minimum Gasteiger partial charge on any atom is -0.481 e. The van der Waals surface area contributed by atoms with Crippen LogP contribution in [0.5, 0.6) is 0 Å². The van der Waals surface area contributed by atoms with E-state index in [2.05, 4.69) is 4.99 Å². The lowest BCUT2D eigenvalue weighted by atomic mass is 9.87. The predicted molar refractivity (Wildman–Crippen MR) is 102 cm³/mol. The number of nitro benzene ring substituents is 1. The zero-order valence-electron chi connectivity index (χ0n) is 15.0. The van der Waals surface area contributed by atoms with Gasteiger partial charge in [0.1, 0.15) is 5.92 Å². The molecule has 0 radical (unpaired) electrons. The van der Waals surface area contributed by atoms with Crippen molar-refractivity contribution < 1.29 is 24.4 Å². The minimum atomic E-state index is -1.19. The third-order valence-electron chi connectivity index (χ3n) is 4.70. The first-order chi connectivity index (χ1) is 13.3. The highest BCUT2D eigenvalue weighted by Crippen LogP contribution is 2.36. The molecule has 0 saturated carbocycles. The second kappa shape index (κ2) is 7.98. The Morgan fingerprint density at radius 1 is 1.36 bits per heavy atom. The molecule has 148 valence electrons. The molecule has 2 unspecified atom stereocenters. The van der Waals surface area contributed by atoms with Gasteiger partial charge in [-0.2, -0.15) is 0 Å². The SMILES string of the molecule is CC1=NC(=S)N(C(=O)N2CCOCC2)C(c2cccc([N+](=O)[O-])c2)C1C(=O)O. The van der Waals surface area contributed by atoms with Crippen molar-refractivity contribution in [2.45, 2.75) is 13.0 Å². The molecule has 2 aliphatic heterocycles. The molecular formula is C17H18N4O6S. The van der Waals surface area contributed by atoms with Crippen LogP contribution in [0.2, 0.25) is 0 Å². The fourth-order valence-electron chi connectivity index (χ4n) is 3.36. The molecule has 2 amide bonds. The zero-order valence-corrected chi connectivity index (χ0v) is 15.8. The summed E-state index contributed by atoms with van der Waals surface area (Å²) in [5.74, 6) is -2.38. The molecule has 0 bridgehead atoms. The molecule has 1 aromatic carbocycles. The number of aliphatic imine (C=N–C) groups is 1. The second-order valence-corrected chi connectivity index (χ2v) is 6.77. The molecule has 10 nitrogen and oxygen atoms in total. The van der Waals surface area contributed by atoms with Gasteiger partial charge in [-0.3, -0.25) is 19.8 Å². The van der Waals surface area contributed by atoms with E-state index >= 15 is 0 Å². The van der Waals surface area contributed by atoms with Crippen LogP contribution < -0.4 is 0 Å². The van der Waals surface area contributed by atoms with Crippen LogP contribution in [0.25, 0.3) is 0 Å². The van der Waals surface area contributed by atoms with Crippen LogP contribution in [0, 0.1) is 16.0 Å². The lowest BCUT2D eigenvalue weighted by Crippen LogP contribution is -2.55. The van der Waals surface area contributed by atoms with Gasteiger partial charge >= 0.3 is 12.0 Å². The van der Waals surface area contributed by atoms with Crippen molar-refractivity contribution in [1.29, 1.82) is 0 Å². The van der Waals surface area contributed by atoms with Crippen LogP contribution in [0.1, 0.15) is 18.5 Å². The third kappa shape index (κ3) is 3.71. The maximum absolute atomic E-state index is 13.2. The van der Waals surface area contributed by atoms with Gasteiger partial charge in [0, 0.05) is 30.9 Å². The quantitative estimate of drug-likeness (QED) is 0.461. The Morgan fingerprint density at radius 2 is 2.04 bits per heavy atom. The fourth-order valence-corrected chi connectivity index (χ4v) is 3.69. The van der Waals surface area contributed by atoms with Gasteiger partial charge in [-0.15, -0.1) is 0 Å². The number of hydrogen-bond acceptors (Lipinski definition) is 6. The number of carboxylic acid groups (broad SMARTS) is 1. The zero-order chi connectivity index (χ0) is 20.4. The van der Waals surface area contributed by atoms with Crippen LogP contribution in [0.15, 0.2) is 29.3 Å². The summed E-state index contributed by atoms with van der Waals surface area (Å²) in [6.45, 7) is 2.91. The number of carbonyl (C=O) groups is 2. The predicted octanol–water partition coefficient (Wildman–Crippen LogP) is 1.85. The maximum atomic E-state index is 13.2. The standard InChI is InChI=1S/C17H18N4O6S/c1-10-13(15(22)23)14(11-3-2-4-12(9-11)21(25)26)20(16(28)18-10)17(24)19-5-7-27-8-6-19/h2-4,9,13-14H,5-8H2,1H3,(H,22,23). The number of amides is 2. The van der Waals surface area contributed by atoms with E-state index in [0.717, 1.165) is 4.90 Å². The first kappa shape index (κ1) is 19.8. The molecule has 0 spiro atoms. The summed E-state index contributed by atoms with van der Waals surface area (Å²) in [6, 6.07) is 4.03. The van der Waals surface area contributed by atoms with Gasteiger partial charge in [0.15, 0.2) is 0 Å². The Hall–Kier alpha value is -2.92. The molecule has 1 fully saturated rings. The van der Waals surface area contributed by atoms with Gasteiger partial charge in [0.2, 0.25) is 5.11 Å². The Balaban J connectivity index is 2.10. The maximum Gasteiger partial charge on any atom is 0.327 e. The largest absolute Gasteiger partial charge is 0.481 e. The number of thiocarbonyl (C=S) groups is 1. The molecule has 0 aliphatic carbocycles. The highest BCUT2D eigenvalue weighted by Gasteiger charge is 2.45. The Labute approximate surface area is 165 Å². The van der Waals surface area contributed by atoms with E-state index in [-0.39, 0.29) is 16.5 Å². The van der Waals surface area contributed by atoms with Crippen molar-refractivity contribution in [3.63, 3.8) is 0 Å². The number of ether oxygens (including phenoxy) is 1. The highest BCUT2D eigenvalue weighted by atomic mass is 32.1. The summed E-state index contributed by atoms with van der Waals surface area (Å²) >= 11 is 5.28. The van der Waals surface area contributed by atoms with Crippen LogP contribution in [-0.4, -0.2) is 69.0 Å². The van der Waals surface area contributed by atoms with Crippen LogP contribution in [-0.2, 0) is 9.53 Å². The summed E-state index contributed by atoms with van der Waals surface area (Å²) < 4.78 is 5.25. The van der Waals surface area contributed by atoms with Crippen LogP contribution >= 0.6 is 12.2 Å². The molecule has 2 aliphatic rings. The molecule has 2 heterocycles. The topological polar surface area (TPSA) is 126 Å². The van der Waals surface area contributed by atoms with Crippen molar-refractivity contribution in [3.05, 3.63) is 39.9 Å². The lowest BCUT2D eigenvalue weighted by Gasteiger charge is -2.41. The number of rotatable bonds is 3. The number of urea groups is 1. The lowest BCUT2D eigenvalue weighted by molar-refractivity contribution is -0.385. The van der Waals surface area contributed by atoms with Gasteiger partial charge in [-0.25, -0.2) is 9.79 Å². The van der Waals surface area contributed by atoms with Crippen LogP contribution in [0.4, 0.5) is 10.5 Å². The second-order valence-electron chi connectivity index (χ2n) is 6.40. The van der Waals surface area contributed by atoms with Crippen LogP contribution in [0.3, 0.4) is 0 Å². The van der Waals surface area contributed by atoms with E-state index < -0.39 is 28.9 Å². The molecular weight excluding hydrogens is 388 g/mol. The summed E-state index contributed by atoms with van der Waals surface area (Å²) in [6.07, 6.45) is 0. The molecule has 3 rings (SSSR count). The van der Waals surface area contributed by atoms with E-state index in [1.54, 1.807) is 6.07 Å².